The van der Waals surface area contributed by atoms with E-state index >= 15 is 0 Å². The summed E-state index contributed by atoms with van der Waals surface area (Å²) in [4.78, 5) is 15.0. The summed E-state index contributed by atoms with van der Waals surface area (Å²) in [5.74, 6) is 1.58. The van der Waals surface area contributed by atoms with Gasteiger partial charge in [-0.25, -0.2) is 0 Å². The number of piperidine rings is 1. The van der Waals surface area contributed by atoms with E-state index in [4.69, 9.17) is 0 Å². The van der Waals surface area contributed by atoms with Crippen LogP contribution in [0.1, 0.15) is 50.8 Å². The van der Waals surface area contributed by atoms with Crippen LogP contribution < -0.4 is 10.2 Å². The number of anilines is 2. The number of carbonyl (C=O) groups is 1. The fraction of sp³-hybridized carbons (Fsp3) is 0.550. The second kappa shape index (κ2) is 7.92. The lowest BCUT2D eigenvalue weighted by Crippen LogP contribution is -2.29. The standard InChI is InChI=1S/C20H27N5OS/c1-14(27-20-23-22-18(24(20)2)15-6-7-15)19(26)21-16-8-10-17(11-9-16)25-12-4-3-5-13-25/h8-11,14-15H,3-7,12-13H2,1-2H3,(H,21,26)/t14-/m0/s1. The highest BCUT2D eigenvalue weighted by Gasteiger charge is 2.30. The van der Waals surface area contributed by atoms with Gasteiger partial charge in [-0.3, -0.25) is 4.79 Å². The molecule has 1 atom stereocenters. The highest BCUT2D eigenvalue weighted by atomic mass is 32.2. The molecule has 1 N–H and O–H groups in total. The molecule has 1 aromatic carbocycles. The second-order valence-electron chi connectivity index (χ2n) is 7.52. The van der Waals surface area contributed by atoms with Crippen LogP contribution in [-0.4, -0.2) is 39.0 Å². The summed E-state index contributed by atoms with van der Waals surface area (Å²) in [5, 5.41) is 12.1. The van der Waals surface area contributed by atoms with Crippen molar-refractivity contribution in [3.8, 4) is 0 Å². The minimum Gasteiger partial charge on any atom is -0.372 e. The van der Waals surface area contributed by atoms with Crippen LogP contribution >= 0.6 is 11.8 Å². The third-order valence-corrected chi connectivity index (χ3v) is 6.45. The van der Waals surface area contributed by atoms with Crippen LogP contribution in [0.3, 0.4) is 0 Å². The third-order valence-electron chi connectivity index (χ3n) is 5.32. The van der Waals surface area contributed by atoms with Gasteiger partial charge in [-0.15, -0.1) is 10.2 Å². The van der Waals surface area contributed by atoms with Gasteiger partial charge in [-0.1, -0.05) is 11.8 Å². The summed E-state index contributed by atoms with van der Waals surface area (Å²) < 4.78 is 2.03. The fourth-order valence-corrected chi connectivity index (χ4v) is 4.31. The van der Waals surface area contributed by atoms with Crippen LogP contribution in [0.25, 0.3) is 0 Å². The molecule has 2 aliphatic rings. The van der Waals surface area contributed by atoms with Crippen molar-refractivity contribution in [2.75, 3.05) is 23.3 Å². The lowest BCUT2D eigenvalue weighted by molar-refractivity contribution is -0.115. The molecule has 144 valence electrons. The molecule has 1 saturated heterocycles. The van der Waals surface area contributed by atoms with Gasteiger partial charge in [0.05, 0.1) is 5.25 Å². The first-order valence-electron chi connectivity index (χ1n) is 9.83. The highest BCUT2D eigenvalue weighted by molar-refractivity contribution is 8.00. The van der Waals surface area contributed by atoms with Gasteiger partial charge in [-0.2, -0.15) is 0 Å². The topological polar surface area (TPSA) is 63.1 Å². The van der Waals surface area contributed by atoms with Crippen molar-refractivity contribution in [3.05, 3.63) is 30.1 Å². The first kappa shape index (κ1) is 18.3. The van der Waals surface area contributed by atoms with Crippen LogP contribution in [0.5, 0.6) is 0 Å². The number of benzene rings is 1. The maximum atomic E-state index is 12.6. The van der Waals surface area contributed by atoms with Gasteiger partial charge < -0.3 is 14.8 Å². The van der Waals surface area contributed by atoms with E-state index in [9.17, 15) is 4.79 Å². The molecule has 1 aliphatic heterocycles. The number of carbonyl (C=O) groups excluding carboxylic acids is 1. The summed E-state index contributed by atoms with van der Waals surface area (Å²) >= 11 is 1.46. The molecule has 1 aromatic heterocycles. The Morgan fingerprint density at radius 3 is 2.52 bits per heavy atom. The van der Waals surface area contributed by atoms with Crippen molar-refractivity contribution >= 4 is 29.0 Å². The minimum absolute atomic E-state index is 0.0123. The molecule has 1 saturated carbocycles. The van der Waals surface area contributed by atoms with Crippen LogP contribution in [0.2, 0.25) is 0 Å². The van der Waals surface area contributed by atoms with Gasteiger partial charge in [-0.05, 0) is 63.3 Å². The van der Waals surface area contributed by atoms with Crippen molar-refractivity contribution < 1.29 is 4.79 Å². The molecule has 2 aromatic rings. The molecule has 1 aliphatic carbocycles. The lowest BCUT2D eigenvalue weighted by Gasteiger charge is -2.28. The van der Waals surface area contributed by atoms with E-state index < -0.39 is 0 Å². The van der Waals surface area contributed by atoms with Crippen molar-refractivity contribution in [1.82, 2.24) is 14.8 Å². The summed E-state index contributed by atoms with van der Waals surface area (Å²) in [5.41, 5.74) is 2.08. The van der Waals surface area contributed by atoms with Gasteiger partial charge in [0.2, 0.25) is 5.91 Å². The quantitative estimate of drug-likeness (QED) is 0.766. The average Bonchev–Trinajstić information content (AvgIpc) is 3.47. The first-order chi connectivity index (χ1) is 13.1. The average molecular weight is 386 g/mol. The van der Waals surface area contributed by atoms with Crippen molar-refractivity contribution in [2.45, 2.75) is 55.4 Å². The Hall–Kier alpha value is -2.02. The van der Waals surface area contributed by atoms with Crippen LogP contribution in [0.4, 0.5) is 11.4 Å². The normalized spacial score (nSPS) is 18.4. The van der Waals surface area contributed by atoms with Crippen LogP contribution in [0.15, 0.2) is 29.4 Å². The monoisotopic (exact) mass is 385 g/mol. The van der Waals surface area contributed by atoms with Gasteiger partial charge in [0.15, 0.2) is 5.16 Å². The number of amides is 1. The number of nitrogens with zero attached hydrogens (tertiary/aromatic N) is 4. The molecular weight excluding hydrogens is 358 g/mol. The molecule has 0 unspecified atom stereocenters. The highest BCUT2D eigenvalue weighted by Crippen LogP contribution is 2.39. The molecule has 0 radical (unpaired) electrons. The molecule has 4 rings (SSSR count). The van der Waals surface area contributed by atoms with Crippen molar-refractivity contribution in [1.29, 1.82) is 0 Å². The van der Waals surface area contributed by atoms with Crippen LogP contribution in [0, 0.1) is 0 Å². The maximum Gasteiger partial charge on any atom is 0.237 e. The predicted molar refractivity (Wildman–Crippen MR) is 109 cm³/mol. The van der Waals surface area contributed by atoms with Crippen molar-refractivity contribution in [3.63, 3.8) is 0 Å². The van der Waals surface area contributed by atoms with Gasteiger partial charge in [0.25, 0.3) is 0 Å². The van der Waals surface area contributed by atoms with E-state index in [1.54, 1.807) is 0 Å². The largest absolute Gasteiger partial charge is 0.372 e. The summed E-state index contributed by atoms with van der Waals surface area (Å²) in [6.45, 7) is 4.16. The Labute approximate surface area is 164 Å². The first-order valence-corrected chi connectivity index (χ1v) is 10.7. The number of hydrogen-bond acceptors (Lipinski definition) is 5. The van der Waals surface area contributed by atoms with Crippen LogP contribution in [-0.2, 0) is 11.8 Å². The van der Waals surface area contributed by atoms with Gasteiger partial charge >= 0.3 is 0 Å². The molecular formula is C20H27N5OS. The summed E-state index contributed by atoms with van der Waals surface area (Å²) in [7, 11) is 1.99. The second-order valence-corrected chi connectivity index (χ2v) is 8.83. The van der Waals surface area contributed by atoms with E-state index in [1.807, 2.05) is 30.7 Å². The molecule has 27 heavy (non-hydrogen) atoms. The van der Waals surface area contributed by atoms with Crippen molar-refractivity contribution in [2.24, 2.45) is 7.05 Å². The van der Waals surface area contributed by atoms with E-state index in [1.165, 1.54) is 49.6 Å². The number of nitrogens with one attached hydrogen (secondary N) is 1. The number of aromatic nitrogens is 3. The zero-order chi connectivity index (χ0) is 18.8. The summed E-state index contributed by atoms with van der Waals surface area (Å²) in [6, 6.07) is 8.19. The third kappa shape index (κ3) is 4.29. The summed E-state index contributed by atoms with van der Waals surface area (Å²) in [6.07, 6.45) is 6.24. The number of rotatable bonds is 6. The number of thioether (sulfide) groups is 1. The predicted octanol–water partition coefficient (Wildman–Crippen LogP) is 3.80. The number of hydrogen-bond donors (Lipinski definition) is 1. The van der Waals surface area contributed by atoms with E-state index in [2.05, 4.69) is 32.5 Å². The Bertz CT molecular complexity index is 793. The molecule has 6 nitrogen and oxygen atoms in total. The lowest BCUT2D eigenvalue weighted by atomic mass is 10.1. The van der Waals surface area contributed by atoms with Gasteiger partial charge in [0.1, 0.15) is 5.82 Å². The molecule has 2 fully saturated rings. The molecule has 1 amide bonds. The Balaban J connectivity index is 1.34. The molecule has 7 heteroatoms. The zero-order valence-corrected chi connectivity index (χ0v) is 16.8. The molecule has 2 heterocycles. The minimum atomic E-state index is -0.235. The van der Waals surface area contributed by atoms with E-state index in [0.717, 1.165) is 29.8 Å². The zero-order valence-electron chi connectivity index (χ0n) is 16.0. The van der Waals surface area contributed by atoms with E-state index in [-0.39, 0.29) is 11.2 Å². The smallest absolute Gasteiger partial charge is 0.237 e. The Morgan fingerprint density at radius 2 is 1.85 bits per heavy atom. The molecule has 0 spiro atoms. The SMILES string of the molecule is C[C@H](Sc1nnc(C2CC2)n1C)C(=O)Nc1ccc(N2CCCCC2)cc1. The Kier molecular flexibility index (Phi) is 5.38. The molecule has 0 bridgehead atoms. The Morgan fingerprint density at radius 1 is 1.15 bits per heavy atom. The maximum absolute atomic E-state index is 12.6. The van der Waals surface area contributed by atoms with E-state index in [0.29, 0.717) is 5.92 Å². The fourth-order valence-electron chi connectivity index (χ4n) is 3.49. The van der Waals surface area contributed by atoms with Gasteiger partial charge in [0, 0.05) is 37.4 Å².